The lowest BCUT2D eigenvalue weighted by molar-refractivity contribution is 0.626. The van der Waals surface area contributed by atoms with Gasteiger partial charge in [-0.3, -0.25) is 0 Å². The molecule has 0 aliphatic rings. The van der Waals surface area contributed by atoms with Crippen LogP contribution in [0, 0.1) is 5.82 Å². The molecule has 0 bridgehead atoms. The minimum Gasteiger partial charge on any atom is -0.206 e. The fourth-order valence-corrected chi connectivity index (χ4v) is 0.769. The van der Waals surface area contributed by atoms with E-state index in [1.54, 1.807) is 12.1 Å². The van der Waals surface area contributed by atoms with E-state index >= 15 is 0 Å². The predicted molar refractivity (Wildman–Crippen MR) is 41.9 cm³/mol. The first-order valence-electron chi connectivity index (χ1n) is 2.92. The summed E-state index contributed by atoms with van der Waals surface area (Å²) in [6.45, 7) is 3.43. The number of hydrogen-bond acceptors (Lipinski definition) is 0. The van der Waals surface area contributed by atoms with Crippen molar-refractivity contribution in [3.63, 3.8) is 0 Å². The zero-order valence-corrected chi connectivity index (χ0v) is 5.47. The Morgan fingerprint density at radius 3 is 2.60 bits per heavy atom. The summed E-state index contributed by atoms with van der Waals surface area (Å²) in [6, 6.07) is 4.56. The van der Waals surface area contributed by atoms with Gasteiger partial charge in [-0.2, -0.15) is 0 Å². The fraction of sp³-hybridized carbons (Fsp3) is 0. The second-order valence-corrected chi connectivity index (χ2v) is 1.95. The Hall–Kier alpha value is -1.05. The zero-order chi connectivity index (χ0) is 7.56. The van der Waals surface area contributed by atoms with E-state index in [9.17, 15) is 4.39 Å². The Morgan fingerprint density at radius 2 is 2.20 bits per heavy atom. The van der Waals surface area contributed by atoms with Crippen LogP contribution >= 0.6 is 0 Å². The van der Waals surface area contributed by atoms with Gasteiger partial charge >= 0.3 is 0 Å². The van der Waals surface area contributed by atoms with Gasteiger partial charge in [0.25, 0.3) is 0 Å². The first-order valence-corrected chi connectivity index (χ1v) is 2.92. The lowest BCUT2D eigenvalue weighted by Crippen LogP contribution is -2.07. The Kier molecular flexibility index (Phi) is 1.90. The molecule has 0 fully saturated rings. The Labute approximate surface area is 60.8 Å². The Balaban J connectivity index is 3.30. The summed E-state index contributed by atoms with van der Waals surface area (Å²) in [7, 11) is 5.42. The summed E-state index contributed by atoms with van der Waals surface area (Å²) in [4.78, 5) is 0. The third kappa shape index (κ3) is 1.10. The highest BCUT2D eigenvalue weighted by atomic mass is 19.1. The SMILES string of the molecule is [B]c1cccc(F)c1C=C. The van der Waals surface area contributed by atoms with Crippen molar-refractivity contribution in [2.24, 2.45) is 0 Å². The first-order chi connectivity index (χ1) is 4.75. The van der Waals surface area contributed by atoms with Crippen LogP contribution in [-0.4, -0.2) is 7.85 Å². The maximum atomic E-state index is 12.7. The number of hydrogen-bond donors (Lipinski definition) is 0. The van der Waals surface area contributed by atoms with Crippen LogP contribution in [0.2, 0.25) is 0 Å². The van der Waals surface area contributed by atoms with E-state index in [1.807, 2.05) is 0 Å². The van der Waals surface area contributed by atoms with Gasteiger partial charge in [-0.1, -0.05) is 30.3 Å². The van der Waals surface area contributed by atoms with E-state index in [1.165, 1.54) is 12.1 Å². The van der Waals surface area contributed by atoms with Crippen LogP contribution in [0.15, 0.2) is 24.8 Å². The normalized spacial score (nSPS) is 9.30. The van der Waals surface area contributed by atoms with Gasteiger partial charge in [0.2, 0.25) is 0 Å². The molecule has 0 atom stereocenters. The van der Waals surface area contributed by atoms with Gasteiger partial charge < -0.3 is 0 Å². The van der Waals surface area contributed by atoms with Crippen LogP contribution in [0.4, 0.5) is 4.39 Å². The maximum Gasteiger partial charge on any atom is 0.129 e. The molecular formula is C8H6BF. The van der Waals surface area contributed by atoms with Gasteiger partial charge in [0.05, 0.1) is 0 Å². The predicted octanol–water partition coefficient (Wildman–Crippen LogP) is 1.26. The number of benzene rings is 1. The molecule has 1 aromatic carbocycles. The summed E-state index contributed by atoms with van der Waals surface area (Å²) < 4.78 is 12.7. The lowest BCUT2D eigenvalue weighted by Gasteiger charge is -1.99. The molecule has 2 radical (unpaired) electrons. The van der Waals surface area contributed by atoms with E-state index in [0.29, 0.717) is 11.0 Å². The second kappa shape index (κ2) is 2.69. The van der Waals surface area contributed by atoms with Crippen LogP contribution < -0.4 is 5.46 Å². The van der Waals surface area contributed by atoms with Crippen LogP contribution in [-0.2, 0) is 0 Å². The third-order valence-electron chi connectivity index (χ3n) is 1.29. The molecule has 0 unspecified atom stereocenters. The van der Waals surface area contributed by atoms with Crippen molar-refractivity contribution in [3.05, 3.63) is 36.2 Å². The third-order valence-corrected chi connectivity index (χ3v) is 1.29. The molecule has 0 saturated carbocycles. The van der Waals surface area contributed by atoms with Gasteiger partial charge in [-0.05, 0) is 6.07 Å². The van der Waals surface area contributed by atoms with Crippen molar-refractivity contribution in [1.29, 1.82) is 0 Å². The second-order valence-electron chi connectivity index (χ2n) is 1.95. The standard InChI is InChI=1S/C8H6BF/c1-2-6-7(9)4-3-5-8(6)10/h2-5H,1H2. The summed E-state index contributed by atoms with van der Waals surface area (Å²) in [6.07, 6.45) is 1.41. The average Bonchev–Trinajstić information content (AvgIpc) is 1.88. The maximum absolute atomic E-state index is 12.7. The molecule has 0 aromatic heterocycles. The van der Waals surface area contributed by atoms with Crippen LogP contribution in [0.25, 0.3) is 6.08 Å². The van der Waals surface area contributed by atoms with Crippen molar-refractivity contribution >= 4 is 19.4 Å². The van der Waals surface area contributed by atoms with Crippen molar-refractivity contribution < 1.29 is 4.39 Å². The van der Waals surface area contributed by atoms with Crippen LogP contribution in [0.3, 0.4) is 0 Å². The van der Waals surface area contributed by atoms with Gasteiger partial charge in [-0.25, -0.2) is 4.39 Å². The first kappa shape index (κ1) is 7.07. The molecule has 10 heavy (non-hydrogen) atoms. The summed E-state index contributed by atoms with van der Waals surface area (Å²) >= 11 is 0. The zero-order valence-electron chi connectivity index (χ0n) is 5.47. The molecule has 0 amide bonds. The lowest BCUT2D eigenvalue weighted by atomic mass is 9.90. The van der Waals surface area contributed by atoms with Crippen LogP contribution in [0.1, 0.15) is 5.56 Å². The van der Waals surface area contributed by atoms with E-state index in [2.05, 4.69) is 6.58 Å². The summed E-state index contributed by atoms with van der Waals surface area (Å²) in [5.74, 6) is -0.324. The highest BCUT2D eigenvalue weighted by Crippen LogP contribution is 2.03. The summed E-state index contributed by atoms with van der Waals surface area (Å²) in [5.41, 5.74) is 0.803. The van der Waals surface area contributed by atoms with Gasteiger partial charge in [-0.15, -0.1) is 0 Å². The van der Waals surface area contributed by atoms with Gasteiger partial charge in [0.1, 0.15) is 13.7 Å². The van der Waals surface area contributed by atoms with E-state index in [0.717, 1.165) is 0 Å². The van der Waals surface area contributed by atoms with Gasteiger partial charge in [0, 0.05) is 5.56 Å². The summed E-state index contributed by atoms with van der Waals surface area (Å²) in [5, 5.41) is 0. The molecule has 1 rings (SSSR count). The smallest absolute Gasteiger partial charge is 0.129 e. The topological polar surface area (TPSA) is 0 Å². The molecule has 0 N–H and O–H groups in total. The minimum atomic E-state index is -0.324. The molecule has 0 aliphatic carbocycles. The minimum absolute atomic E-state index is 0.324. The molecular weight excluding hydrogens is 126 g/mol. The van der Waals surface area contributed by atoms with E-state index in [-0.39, 0.29) is 5.82 Å². The molecule has 2 heteroatoms. The van der Waals surface area contributed by atoms with E-state index in [4.69, 9.17) is 7.85 Å². The number of halogens is 1. The Bertz CT molecular complexity index is 235. The molecule has 48 valence electrons. The molecule has 0 spiro atoms. The van der Waals surface area contributed by atoms with Crippen molar-refractivity contribution in [2.75, 3.05) is 0 Å². The average molecular weight is 132 g/mol. The van der Waals surface area contributed by atoms with Crippen molar-refractivity contribution in [1.82, 2.24) is 0 Å². The monoisotopic (exact) mass is 132 g/mol. The highest BCUT2D eigenvalue weighted by Gasteiger charge is 1.97. The molecule has 0 nitrogen and oxygen atoms in total. The van der Waals surface area contributed by atoms with Gasteiger partial charge in [0.15, 0.2) is 0 Å². The molecule has 0 heterocycles. The van der Waals surface area contributed by atoms with E-state index < -0.39 is 0 Å². The van der Waals surface area contributed by atoms with Crippen molar-refractivity contribution in [2.45, 2.75) is 0 Å². The fourth-order valence-electron chi connectivity index (χ4n) is 0.769. The highest BCUT2D eigenvalue weighted by molar-refractivity contribution is 6.34. The molecule has 0 aliphatic heterocycles. The van der Waals surface area contributed by atoms with Crippen LogP contribution in [0.5, 0.6) is 0 Å². The quantitative estimate of drug-likeness (QED) is 0.504. The Morgan fingerprint density at radius 1 is 1.50 bits per heavy atom. The van der Waals surface area contributed by atoms with Crippen molar-refractivity contribution in [3.8, 4) is 0 Å². The molecule has 1 aromatic rings. The molecule has 0 saturated heterocycles. The largest absolute Gasteiger partial charge is 0.206 e. The number of rotatable bonds is 1.